The number of carbonyl (C=O) groups is 2. The van der Waals surface area contributed by atoms with E-state index in [0.29, 0.717) is 34.3 Å². The Hall–Kier alpha value is -5.09. The lowest BCUT2D eigenvalue weighted by molar-refractivity contribution is -0.123. The number of H-pyrrole nitrogens is 1. The molecule has 5 rings (SSSR count). The third kappa shape index (κ3) is 6.74. The van der Waals surface area contributed by atoms with Crippen molar-refractivity contribution >= 4 is 44.7 Å². The number of nitrogens with one attached hydrogen (secondary N) is 3. The lowest BCUT2D eigenvalue weighted by Crippen LogP contribution is -2.40. The van der Waals surface area contributed by atoms with E-state index >= 15 is 0 Å². The first-order chi connectivity index (χ1) is 20.0. The average Bonchev–Trinajstić information content (AvgIpc) is 3.01. The molecule has 5 aromatic rings. The smallest absolute Gasteiger partial charge is 0.272 e. The van der Waals surface area contributed by atoms with Gasteiger partial charge in [-0.3, -0.25) is 14.4 Å². The van der Waals surface area contributed by atoms with E-state index in [9.17, 15) is 14.4 Å². The van der Waals surface area contributed by atoms with Crippen molar-refractivity contribution in [3.05, 3.63) is 140 Å². The highest BCUT2D eigenvalue weighted by Crippen LogP contribution is 2.21. The van der Waals surface area contributed by atoms with Crippen LogP contribution in [-0.2, 0) is 11.4 Å². The number of halogens is 1. The van der Waals surface area contributed by atoms with E-state index in [-0.39, 0.29) is 5.69 Å². The molecule has 2 amide bonds. The van der Waals surface area contributed by atoms with Gasteiger partial charge >= 0.3 is 0 Å². The molecule has 9 nitrogen and oxygen atoms in total. The molecule has 0 aliphatic heterocycles. The Kier molecular flexibility index (Phi) is 8.61. The van der Waals surface area contributed by atoms with Crippen LogP contribution in [0.15, 0.2) is 117 Å². The summed E-state index contributed by atoms with van der Waals surface area (Å²) in [4.78, 5) is 38.8. The minimum Gasteiger partial charge on any atom is -0.488 e. The van der Waals surface area contributed by atoms with E-state index in [0.717, 1.165) is 10.0 Å². The average molecular weight is 610 g/mol. The maximum atomic E-state index is 13.4. The van der Waals surface area contributed by atoms with Gasteiger partial charge in [0.15, 0.2) is 6.04 Å². The number of hydrazone groups is 1. The van der Waals surface area contributed by atoms with Crippen LogP contribution < -0.4 is 21.0 Å². The molecular weight excluding hydrogens is 586 g/mol. The number of hydrogen-bond donors (Lipinski definition) is 3. The molecule has 204 valence electrons. The Bertz CT molecular complexity index is 1770. The molecular formula is C31H24BrN5O4. The summed E-state index contributed by atoms with van der Waals surface area (Å²) in [7, 11) is 0. The van der Waals surface area contributed by atoms with Crippen LogP contribution >= 0.6 is 15.9 Å². The van der Waals surface area contributed by atoms with Crippen molar-refractivity contribution < 1.29 is 14.3 Å². The van der Waals surface area contributed by atoms with Gasteiger partial charge in [-0.1, -0.05) is 76.6 Å². The lowest BCUT2D eigenvalue weighted by atomic mass is 10.0. The summed E-state index contributed by atoms with van der Waals surface area (Å²) in [6, 6.07) is 29.0. The predicted molar refractivity (Wildman–Crippen MR) is 160 cm³/mol. The van der Waals surface area contributed by atoms with E-state index < -0.39 is 23.4 Å². The van der Waals surface area contributed by atoms with Crippen LogP contribution in [0.2, 0.25) is 0 Å². The molecule has 0 spiro atoms. The number of fused-ring (bicyclic) bond motifs is 1. The molecule has 0 bridgehead atoms. The van der Waals surface area contributed by atoms with Crippen molar-refractivity contribution in [1.29, 1.82) is 0 Å². The van der Waals surface area contributed by atoms with E-state index in [4.69, 9.17) is 4.74 Å². The van der Waals surface area contributed by atoms with Crippen molar-refractivity contribution in [2.24, 2.45) is 5.10 Å². The molecule has 0 unspecified atom stereocenters. The molecule has 1 heterocycles. The fourth-order valence-corrected chi connectivity index (χ4v) is 4.37. The standard InChI is InChI=1S/C31H24BrN5O4/c32-23-16-14-20(15-17-23)19-41-26-13-7-4-10-22(26)18-33-36-31(40)28(34-29(38)21-8-2-1-3-9-21)27-24-11-5-6-12-25(24)30(39)37-35-27/h1-18,28H,19H2,(H,34,38)(H,36,40)(H,37,39)/b33-18-/t28-/m0/s1. The van der Waals surface area contributed by atoms with Crippen LogP contribution in [0.25, 0.3) is 10.8 Å². The molecule has 4 aromatic carbocycles. The molecule has 41 heavy (non-hydrogen) atoms. The van der Waals surface area contributed by atoms with Gasteiger partial charge in [-0.05, 0) is 48.0 Å². The Morgan fingerprint density at radius 2 is 1.59 bits per heavy atom. The van der Waals surface area contributed by atoms with Crippen molar-refractivity contribution in [2.45, 2.75) is 12.6 Å². The maximum Gasteiger partial charge on any atom is 0.272 e. The zero-order chi connectivity index (χ0) is 28.6. The van der Waals surface area contributed by atoms with E-state index in [1.165, 1.54) is 6.21 Å². The number of aromatic nitrogens is 2. The number of amides is 2. The zero-order valence-corrected chi connectivity index (χ0v) is 23.2. The fraction of sp³-hybridized carbons (Fsp3) is 0.0645. The van der Waals surface area contributed by atoms with Gasteiger partial charge in [0.1, 0.15) is 18.1 Å². The first-order valence-electron chi connectivity index (χ1n) is 12.6. The van der Waals surface area contributed by atoms with Crippen LogP contribution in [0.1, 0.15) is 33.2 Å². The topological polar surface area (TPSA) is 126 Å². The van der Waals surface area contributed by atoms with Crippen molar-refractivity contribution in [3.8, 4) is 5.75 Å². The zero-order valence-electron chi connectivity index (χ0n) is 21.6. The first-order valence-corrected chi connectivity index (χ1v) is 13.4. The second-order valence-electron chi connectivity index (χ2n) is 8.94. The number of para-hydroxylation sites is 1. The van der Waals surface area contributed by atoms with Crippen LogP contribution in [0.5, 0.6) is 5.75 Å². The quantitative estimate of drug-likeness (QED) is 0.162. The Morgan fingerprint density at radius 1 is 0.902 bits per heavy atom. The van der Waals surface area contributed by atoms with Crippen molar-refractivity contribution in [1.82, 2.24) is 20.9 Å². The Balaban J connectivity index is 1.38. The summed E-state index contributed by atoms with van der Waals surface area (Å²) in [6.45, 7) is 0.350. The molecule has 0 aliphatic carbocycles. The van der Waals surface area contributed by atoms with E-state index in [1.807, 2.05) is 36.4 Å². The summed E-state index contributed by atoms with van der Waals surface area (Å²) in [6.07, 6.45) is 1.46. The van der Waals surface area contributed by atoms with Gasteiger partial charge in [-0.15, -0.1) is 0 Å². The first kappa shape index (κ1) is 27.5. The predicted octanol–water partition coefficient (Wildman–Crippen LogP) is 4.89. The van der Waals surface area contributed by atoms with Crippen LogP contribution in [0.3, 0.4) is 0 Å². The Morgan fingerprint density at radius 3 is 2.37 bits per heavy atom. The highest BCUT2D eigenvalue weighted by molar-refractivity contribution is 9.10. The van der Waals surface area contributed by atoms with E-state index in [1.54, 1.807) is 66.7 Å². The summed E-state index contributed by atoms with van der Waals surface area (Å²) in [5, 5.41) is 14.2. The molecule has 10 heteroatoms. The van der Waals surface area contributed by atoms with Gasteiger partial charge in [-0.2, -0.15) is 10.2 Å². The number of hydrogen-bond acceptors (Lipinski definition) is 6. The van der Waals surface area contributed by atoms with Crippen LogP contribution in [0, 0.1) is 0 Å². The summed E-state index contributed by atoms with van der Waals surface area (Å²) in [5.41, 5.74) is 4.26. The largest absolute Gasteiger partial charge is 0.488 e. The fourth-order valence-electron chi connectivity index (χ4n) is 4.11. The van der Waals surface area contributed by atoms with Crippen molar-refractivity contribution in [3.63, 3.8) is 0 Å². The summed E-state index contributed by atoms with van der Waals surface area (Å²) >= 11 is 3.42. The van der Waals surface area contributed by atoms with Gasteiger partial charge in [0.25, 0.3) is 17.4 Å². The molecule has 0 saturated carbocycles. The van der Waals surface area contributed by atoms with Gasteiger partial charge < -0.3 is 10.1 Å². The third-order valence-electron chi connectivity index (χ3n) is 6.18. The highest BCUT2D eigenvalue weighted by Gasteiger charge is 2.27. The normalized spacial score (nSPS) is 11.7. The molecule has 0 saturated heterocycles. The second kappa shape index (κ2) is 12.8. The maximum absolute atomic E-state index is 13.4. The molecule has 0 aliphatic rings. The molecule has 0 radical (unpaired) electrons. The summed E-state index contributed by atoms with van der Waals surface area (Å²) in [5.74, 6) is -0.558. The van der Waals surface area contributed by atoms with Gasteiger partial charge in [0.2, 0.25) is 0 Å². The second-order valence-corrected chi connectivity index (χ2v) is 9.86. The van der Waals surface area contributed by atoms with Crippen molar-refractivity contribution in [2.75, 3.05) is 0 Å². The number of ether oxygens (including phenoxy) is 1. The molecule has 0 fully saturated rings. The summed E-state index contributed by atoms with van der Waals surface area (Å²) < 4.78 is 6.96. The molecule has 1 aromatic heterocycles. The molecule has 1 atom stereocenters. The minimum absolute atomic E-state index is 0.176. The third-order valence-corrected chi connectivity index (χ3v) is 6.71. The number of carbonyl (C=O) groups excluding carboxylic acids is 2. The van der Waals surface area contributed by atoms with Crippen LogP contribution in [-0.4, -0.2) is 28.2 Å². The lowest BCUT2D eigenvalue weighted by Gasteiger charge is -2.18. The van der Waals surface area contributed by atoms with Crippen LogP contribution in [0.4, 0.5) is 0 Å². The van der Waals surface area contributed by atoms with Gasteiger partial charge in [-0.25, -0.2) is 10.5 Å². The Labute approximate surface area is 243 Å². The number of rotatable bonds is 9. The number of aromatic amines is 1. The van der Waals surface area contributed by atoms with Gasteiger partial charge in [0, 0.05) is 21.0 Å². The van der Waals surface area contributed by atoms with Gasteiger partial charge in [0.05, 0.1) is 11.6 Å². The number of benzene rings is 4. The highest BCUT2D eigenvalue weighted by atomic mass is 79.9. The minimum atomic E-state index is -1.26. The SMILES string of the molecule is O=C(N[C@H](C(=O)N/N=C\c1ccccc1OCc1ccc(Br)cc1)c1n[nH]c(=O)c2ccccc12)c1ccccc1. The number of nitrogens with zero attached hydrogens (tertiary/aromatic N) is 2. The monoisotopic (exact) mass is 609 g/mol. The van der Waals surface area contributed by atoms with E-state index in [2.05, 4.69) is 42.0 Å². The molecule has 3 N–H and O–H groups in total.